The summed E-state index contributed by atoms with van der Waals surface area (Å²) >= 11 is 0. The molecule has 19 heavy (non-hydrogen) atoms. The Labute approximate surface area is 115 Å². The zero-order valence-electron chi connectivity index (χ0n) is 13.4. The van der Waals surface area contributed by atoms with Crippen molar-refractivity contribution in [2.75, 3.05) is 19.8 Å². The predicted octanol–water partition coefficient (Wildman–Crippen LogP) is -1.36. The highest BCUT2D eigenvalue weighted by Crippen LogP contribution is 1.57. The van der Waals surface area contributed by atoms with Crippen LogP contribution >= 0.6 is 0 Å². The Morgan fingerprint density at radius 2 is 0.632 bits per heavy atom. The monoisotopic (exact) mass is 321 g/mol. The normalized spacial score (nSPS) is 5.89. The van der Waals surface area contributed by atoms with E-state index in [0.717, 1.165) is 0 Å². The van der Waals surface area contributed by atoms with E-state index < -0.39 is 10.4 Å². The van der Waals surface area contributed by atoms with Crippen molar-refractivity contribution in [3.8, 4) is 0 Å². The lowest BCUT2D eigenvalue weighted by Crippen LogP contribution is -1.97. The first-order valence-electron chi connectivity index (χ1n) is 3.65. The van der Waals surface area contributed by atoms with Gasteiger partial charge in [-0.15, -0.1) is 19.8 Å². The third kappa shape index (κ3) is 21000. The Morgan fingerprint density at radius 3 is 0.632 bits per heavy atom. The fourth-order valence-electron chi connectivity index (χ4n) is 0. The summed E-state index contributed by atoms with van der Waals surface area (Å²) in [7, 11) is -5.17. The first-order valence-corrected chi connectivity index (χ1v) is 4.99. The summed E-state index contributed by atoms with van der Waals surface area (Å²) < 4.78 is 34.1. The van der Waals surface area contributed by atoms with Crippen LogP contribution in [-0.4, -0.2) is 37.3 Å². The molecule has 0 aliphatic rings. The molecular weight excluding hydrogens is 286 g/mol. The van der Waals surface area contributed by atoms with Gasteiger partial charge >= 0.3 is 0 Å². The summed E-state index contributed by atoms with van der Waals surface area (Å²) in [6.07, 6.45) is 0. The molecule has 0 aromatic carbocycles. The smallest absolute Gasteiger partial charge is 0.0311 e. The Kier molecular flexibility index (Phi) is 217. The molecule has 0 unspecified atom stereocenters. The third-order valence-electron chi connectivity index (χ3n) is 0. The van der Waals surface area contributed by atoms with Crippen LogP contribution in [0.2, 0.25) is 0 Å². The van der Waals surface area contributed by atoms with Gasteiger partial charge in [-0.2, -0.15) is 0 Å². The Bertz CT molecular complexity index is 145. The van der Waals surface area contributed by atoms with Crippen molar-refractivity contribution in [1.82, 2.24) is 30.8 Å². The topological polar surface area (TPSA) is 332 Å². The van der Waals surface area contributed by atoms with Gasteiger partial charge in [0.15, 0.2) is 0 Å². The van der Waals surface area contributed by atoms with Gasteiger partial charge in [0, 0.05) is 10.4 Å². The molecule has 0 aromatic heterocycles. The van der Waals surface area contributed by atoms with E-state index in [2.05, 4.69) is 0 Å². The van der Waals surface area contributed by atoms with E-state index in [4.69, 9.17) is 32.8 Å². The molecule has 132 valence electrons. The molecule has 0 bridgehead atoms. The first kappa shape index (κ1) is 62.6. The van der Waals surface area contributed by atoms with Crippen molar-refractivity contribution in [3.63, 3.8) is 0 Å². The van der Waals surface area contributed by atoms with Gasteiger partial charge < -0.3 is 55.2 Å². The van der Waals surface area contributed by atoms with Crippen LogP contribution in [0, 0.1) is 0 Å². The van der Waals surface area contributed by atoms with E-state index in [9.17, 15) is 0 Å². The number of quaternary nitrogens is 5. The van der Waals surface area contributed by atoms with Gasteiger partial charge in [-0.25, -0.2) is 0 Å². The van der Waals surface area contributed by atoms with Crippen LogP contribution in [0.5, 0.6) is 0 Å². The fourth-order valence-corrected chi connectivity index (χ4v) is 0. The Hall–Kier alpha value is -0.450. The molecule has 0 radical (unpaired) electrons. The maximum atomic E-state index is 8.93. The molecular formula is C6H35N5O7S. The fraction of sp³-hybridized carbons (Fsp3) is 1.00. The Morgan fingerprint density at radius 1 is 0.632 bits per heavy atom. The average Bonchev–Trinajstić information content (AvgIpc) is 1.86. The lowest BCUT2D eigenvalue weighted by molar-refractivity contribution is -0.362. The molecule has 0 aliphatic carbocycles. The van der Waals surface area contributed by atoms with Crippen LogP contribution in [0.15, 0.2) is 0 Å². The van der Waals surface area contributed by atoms with Crippen molar-refractivity contribution < 1.29 is 32.8 Å². The minimum Gasteiger partial charge on any atom is -0.855 e. The molecule has 0 saturated carbocycles. The summed E-state index contributed by atoms with van der Waals surface area (Å²) in [5.41, 5.74) is 0. The summed E-state index contributed by atoms with van der Waals surface area (Å²) in [4.78, 5) is 0. The first-order chi connectivity index (χ1) is 6.24. The standard InChI is InChI=1S/3C2H5O.5H3N.H2O4S/c3*1-2-3;;;;;;1-5(2,3)4/h3*2H2,1H3;5*1H3;(H2,1,2,3,4)/q3*-1;;;;;;/p+3. The lowest BCUT2D eigenvalue weighted by Gasteiger charge is -2.06. The van der Waals surface area contributed by atoms with Crippen LogP contribution in [0.3, 0.4) is 0 Å². The van der Waals surface area contributed by atoms with Crippen molar-refractivity contribution in [1.29, 1.82) is 0 Å². The summed E-state index contributed by atoms with van der Waals surface area (Å²) in [6, 6.07) is 0. The molecule has 20 N–H and O–H groups in total. The summed E-state index contributed by atoms with van der Waals surface area (Å²) in [6.45, 7) is 4.71. The van der Waals surface area contributed by atoms with Crippen molar-refractivity contribution in [2.24, 2.45) is 0 Å². The average molecular weight is 321 g/mol. The van der Waals surface area contributed by atoms with Crippen LogP contribution in [0.25, 0.3) is 0 Å². The third-order valence-corrected chi connectivity index (χ3v) is 0. The van der Waals surface area contributed by atoms with Gasteiger partial charge in [0.2, 0.25) is 0 Å². The number of rotatable bonds is 0. The highest BCUT2D eigenvalue weighted by molar-refractivity contribution is 7.79. The minimum absolute atomic E-state index is 0. The zero-order chi connectivity index (χ0) is 12.6. The molecule has 0 heterocycles. The van der Waals surface area contributed by atoms with Crippen LogP contribution in [-0.2, 0) is 10.4 Å². The molecule has 13 heteroatoms. The lowest BCUT2D eigenvalue weighted by atomic mass is 10.9. The summed E-state index contributed by atoms with van der Waals surface area (Å²) in [5, 5.41) is 26.8. The molecule has 0 aliphatic heterocycles. The molecule has 0 fully saturated rings. The van der Waals surface area contributed by atoms with Crippen molar-refractivity contribution in [3.05, 3.63) is 0 Å². The predicted molar refractivity (Wildman–Crippen MR) is 72.0 cm³/mol. The van der Waals surface area contributed by atoms with E-state index in [-0.39, 0.29) is 50.6 Å². The molecule has 0 rings (SSSR count). The minimum atomic E-state index is -5.17. The SMILES string of the molecule is CC[O-].CC[O-].CC[O-].O=S(=O)([O-])[O-].[NH4+].[NH4+].[NH4+].[NH4+].[NH4+]. The zero-order valence-corrected chi connectivity index (χ0v) is 14.2. The maximum absolute atomic E-state index is 8.93. The highest BCUT2D eigenvalue weighted by atomic mass is 32.3. The van der Waals surface area contributed by atoms with E-state index in [1.54, 1.807) is 20.8 Å². The molecule has 0 saturated heterocycles. The Balaban J connectivity index is -0.00000000944. The highest BCUT2D eigenvalue weighted by Gasteiger charge is 1.49. The number of hydrogen-bond donors (Lipinski definition) is 5. The maximum Gasteiger partial charge on any atom is 0.0311 e. The molecule has 12 nitrogen and oxygen atoms in total. The molecule has 0 spiro atoms. The quantitative estimate of drug-likeness (QED) is 0.263. The summed E-state index contributed by atoms with van der Waals surface area (Å²) in [5.74, 6) is 0. The molecule has 0 atom stereocenters. The second kappa shape index (κ2) is 65.8. The van der Waals surface area contributed by atoms with Crippen LogP contribution in [0.4, 0.5) is 0 Å². The number of hydrogen-bond acceptors (Lipinski definition) is 7. The second-order valence-corrected chi connectivity index (χ2v) is 2.09. The van der Waals surface area contributed by atoms with Gasteiger partial charge in [-0.1, -0.05) is 20.8 Å². The molecule has 0 aromatic rings. The van der Waals surface area contributed by atoms with Gasteiger partial charge in [0.25, 0.3) is 0 Å². The van der Waals surface area contributed by atoms with Crippen LogP contribution < -0.4 is 46.1 Å². The van der Waals surface area contributed by atoms with E-state index in [0.29, 0.717) is 0 Å². The van der Waals surface area contributed by atoms with Gasteiger partial charge in [-0.3, -0.25) is 8.42 Å². The van der Waals surface area contributed by atoms with Gasteiger partial charge in [0.05, 0.1) is 0 Å². The van der Waals surface area contributed by atoms with Gasteiger partial charge in [-0.05, 0) is 0 Å². The molecule has 0 amide bonds. The van der Waals surface area contributed by atoms with E-state index >= 15 is 0 Å². The second-order valence-electron chi connectivity index (χ2n) is 1.27. The van der Waals surface area contributed by atoms with Gasteiger partial charge in [0.1, 0.15) is 0 Å². The van der Waals surface area contributed by atoms with E-state index in [1.807, 2.05) is 0 Å². The van der Waals surface area contributed by atoms with Crippen molar-refractivity contribution in [2.45, 2.75) is 20.8 Å². The van der Waals surface area contributed by atoms with E-state index in [1.165, 1.54) is 0 Å². The van der Waals surface area contributed by atoms with Crippen LogP contribution in [0.1, 0.15) is 20.8 Å². The largest absolute Gasteiger partial charge is 0.855 e. The van der Waals surface area contributed by atoms with Crippen molar-refractivity contribution >= 4 is 10.4 Å².